The Hall–Kier alpha value is -2.27. The Bertz CT molecular complexity index is 886. The Balaban J connectivity index is 1.42. The number of fused-ring (bicyclic) bond motifs is 1. The van der Waals surface area contributed by atoms with Crippen LogP contribution in [0.3, 0.4) is 0 Å². The van der Waals surface area contributed by atoms with Crippen LogP contribution in [0.4, 0.5) is 0 Å². The molecule has 1 aliphatic carbocycles. The summed E-state index contributed by atoms with van der Waals surface area (Å²) in [7, 11) is 0. The second kappa shape index (κ2) is 6.92. The summed E-state index contributed by atoms with van der Waals surface area (Å²) in [6.07, 6.45) is 2.24. The molecule has 0 spiro atoms. The van der Waals surface area contributed by atoms with E-state index in [1.165, 1.54) is 22.9 Å². The molecule has 0 unspecified atom stereocenters. The van der Waals surface area contributed by atoms with Gasteiger partial charge in [0, 0.05) is 12.6 Å². The van der Waals surface area contributed by atoms with Gasteiger partial charge in [-0.3, -0.25) is 4.79 Å². The third kappa shape index (κ3) is 3.87. The number of aromatic amines is 1. The molecule has 0 saturated heterocycles. The van der Waals surface area contributed by atoms with Gasteiger partial charge in [-0.05, 0) is 43.0 Å². The summed E-state index contributed by atoms with van der Waals surface area (Å²) in [5.41, 5.74) is 4.36. The summed E-state index contributed by atoms with van der Waals surface area (Å²) in [6, 6.07) is 16.8. The van der Waals surface area contributed by atoms with Crippen LogP contribution in [0.25, 0.3) is 11.0 Å². The van der Waals surface area contributed by atoms with E-state index in [9.17, 15) is 4.79 Å². The number of rotatable bonds is 6. The van der Waals surface area contributed by atoms with Crippen molar-refractivity contribution in [3.05, 3.63) is 59.7 Å². The third-order valence-corrected chi connectivity index (χ3v) is 5.31. The number of aromatic nitrogens is 2. The number of carbonyl (C=O) groups excluding carboxylic acids is 1. The number of H-pyrrole nitrogens is 1. The number of aryl methyl sites for hydroxylation is 1. The van der Waals surface area contributed by atoms with Gasteiger partial charge >= 0.3 is 0 Å². The molecule has 128 valence electrons. The quantitative estimate of drug-likeness (QED) is 0.679. The van der Waals surface area contributed by atoms with Crippen LogP contribution >= 0.6 is 11.8 Å². The summed E-state index contributed by atoms with van der Waals surface area (Å²) < 4.78 is 0. The van der Waals surface area contributed by atoms with Gasteiger partial charge < -0.3 is 9.88 Å². The van der Waals surface area contributed by atoms with Gasteiger partial charge in [-0.15, -0.1) is 0 Å². The van der Waals surface area contributed by atoms with Gasteiger partial charge in [-0.2, -0.15) is 0 Å². The van der Waals surface area contributed by atoms with E-state index in [0.717, 1.165) is 29.0 Å². The zero-order chi connectivity index (χ0) is 17.2. The fourth-order valence-corrected chi connectivity index (χ4v) is 3.74. The van der Waals surface area contributed by atoms with Gasteiger partial charge in [-0.1, -0.05) is 48.2 Å². The number of hydrogen-bond donors (Lipinski definition) is 1. The number of nitrogens with zero attached hydrogens (tertiary/aromatic N) is 2. The van der Waals surface area contributed by atoms with Crippen molar-refractivity contribution in [3.8, 4) is 0 Å². The van der Waals surface area contributed by atoms with E-state index in [-0.39, 0.29) is 5.91 Å². The molecule has 1 aromatic heterocycles. The number of carbonyl (C=O) groups is 1. The fraction of sp³-hybridized carbons (Fsp3) is 0.300. The maximum atomic E-state index is 12.7. The van der Waals surface area contributed by atoms with Crippen molar-refractivity contribution in [3.63, 3.8) is 0 Å². The van der Waals surface area contributed by atoms with Crippen LogP contribution in [0.5, 0.6) is 0 Å². The molecule has 2 aromatic carbocycles. The van der Waals surface area contributed by atoms with Crippen LogP contribution in [0, 0.1) is 6.92 Å². The predicted octanol–water partition coefficient (Wildman–Crippen LogP) is 4.15. The normalized spacial score (nSPS) is 14.0. The lowest BCUT2D eigenvalue weighted by Crippen LogP contribution is -2.33. The van der Waals surface area contributed by atoms with Crippen molar-refractivity contribution in [2.24, 2.45) is 0 Å². The zero-order valence-electron chi connectivity index (χ0n) is 14.2. The minimum Gasteiger partial charge on any atom is -0.335 e. The van der Waals surface area contributed by atoms with Crippen molar-refractivity contribution >= 4 is 28.7 Å². The Kier molecular flexibility index (Phi) is 4.49. The second-order valence-corrected chi connectivity index (χ2v) is 7.55. The lowest BCUT2D eigenvalue weighted by atomic mass is 10.2. The molecule has 4 rings (SSSR count). The lowest BCUT2D eigenvalue weighted by molar-refractivity contribution is -0.129. The highest BCUT2D eigenvalue weighted by molar-refractivity contribution is 7.99. The Morgan fingerprint density at radius 3 is 2.80 bits per heavy atom. The van der Waals surface area contributed by atoms with Crippen LogP contribution in [0.15, 0.2) is 53.7 Å². The van der Waals surface area contributed by atoms with Gasteiger partial charge in [0.25, 0.3) is 0 Å². The number of hydrogen-bond acceptors (Lipinski definition) is 3. The van der Waals surface area contributed by atoms with Gasteiger partial charge in [-0.25, -0.2) is 4.98 Å². The highest BCUT2D eigenvalue weighted by atomic mass is 32.2. The number of amides is 1. The van der Waals surface area contributed by atoms with Crippen LogP contribution in [-0.2, 0) is 11.3 Å². The van der Waals surface area contributed by atoms with Crippen molar-refractivity contribution in [1.29, 1.82) is 0 Å². The minimum absolute atomic E-state index is 0.188. The minimum atomic E-state index is 0.188. The molecule has 1 amide bonds. The van der Waals surface area contributed by atoms with E-state index in [1.807, 2.05) is 29.2 Å². The highest BCUT2D eigenvalue weighted by Gasteiger charge is 2.32. The molecular weight excluding hydrogens is 330 g/mol. The summed E-state index contributed by atoms with van der Waals surface area (Å²) in [5, 5.41) is 0.810. The van der Waals surface area contributed by atoms with E-state index in [2.05, 4.69) is 41.2 Å². The first kappa shape index (κ1) is 16.2. The molecule has 1 aliphatic rings. The van der Waals surface area contributed by atoms with E-state index in [0.29, 0.717) is 18.3 Å². The molecule has 3 aromatic rings. The lowest BCUT2D eigenvalue weighted by Gasteiger charge is -2.22. The second-order valence-electron chi connectivity index (χ2n) is 6.59. The monoisotopic (exact) mass is 351 g/mol. The number of imidazole rings is 1. The van der Waals surface area contributed by atoms with Gasteiger partial charge in [0.15, 0.2) is 5.16 Å². The number of benzene rings is 2. The topological polar surface area (TPSA) is 49.0 Å². The number of nitrogens with one attached hydrogen (secondary N) is 1. The number of thioether (sulfide) groups is 1. The average molecular weight is 351 g/mol. The molecular formula is C20H21N3OS. The largest absolute Gasteiger partial charge is 0.335 e. The molecule has 5 heteroatoms. The van der Waals surface area contributed by atoms with Gasteiger partial charge in [0.1, 0.15) is 0 Å². The zero-order valence-corrected chi connectivity index (χ0v) is 15.1. The van der Waals surface area contributed by atoms with Crippen LogP contribution in [-0.4, -0.2) is 32.6 Å². The van der Waals surface area contributed by atoms with Crippen LogP contribution in [0.1, 0.15) is 24.0 Å². The third-order valence-electron chi connectivity index (χ3n) is 4.45. The summed E-state index contributed by atoms with van der Waals surface area (Å²) in [6.45, 7) is 2.76. The van der Waals surface area contributed by atoms with Crippen LogP contribution < -0.4 is 0 Å². The Morgan fingerprint density at radius 2 is 2.04 bits per heavy atom. The smallest absolute Gasteiger partial charge is 0.233 e. The van der Waals surface area contributed by atoms with Crippen molar-refractivity contribution in [2.45, 2.75) is 37.5 Å². The van der Waals surface area contributed by atoms with E-state index < -0.39 is 0 Å². The first-order chi connectivity index (χ1) is 12.2. The van der Waals surface area contributed by atoms with Crippen molar-refractivity contribution < 1.29 is 4.79 Å². The van der Waals surface area contributed by atoms with Crippen molar-refractivity contribution in [2.75, 3.05) is 5.75 Å². The molecule has 1 fully saturated rings. The molecule has 0 aliphatic heterocycles. The van der Waals surface area contributed by atoms with E-state index in [1.54, 1.807) is 0 Å². The van der Waals surface area contributed by atoms with Crippen LogP contribution in [0.2, 0.25) is 0 Å². The molecule has 25 heavy (non-hydrogen) atoms. The Morgan fingerprint density at radius 1 is 1.24 bits per heavy atom. The van der Waals surface area contributed by atoms with Gasteiger partial charge in [0.2, 0.25) is 5.91 Å². The molecule has 0 atom stereocenters. The summed E-state index contributed by atoms with van der Waals surface area (Å²) in [5.74, 6) is 0.607. The molecule has 0 radical (unpaired) electrons. The highest BCUT2D eigenvalue weighted by Crippen LogP contribution is 2.30. The molecule has 1 heterocycles. The first-order valence-electron chi connectivity index (χ1n) is 8.61. The summed E-state index contributed by atoms with van der Waals surface area (Å²) in [4.78, 5) is 22.6. The maximum absolute atomic E-state index is 12.7. The fourth-order valence-electron chi connectivity index (χ4n) is 2.97. The van der Waals surface area contributed by atoms with Crippen molar-refractivity contribution in [1.82, 2.24) is 14.9 Å². The van der Waals surface area contributed by atoms with E-state index >= 15 is 0 Å². The standard InChI is InChI=1S/C20H21N3OS/c1-14-7-10-17-18(11-14)22-20(21-17)25-13-19(24)23(16-8-9-16)12-15-5-3-2-4-6-15/h2-7,10-11,16H,8-9,12-13H2,1H3,(H,21,22). The maximum Gasteiger partial charge on any atom is 0.233 e. The molecule has 0 bridgehead atoms. The van der Waals surface area contributed by atoms with E-state index in [4.69, 9.17) is 0 Å². The van der Waals surface area contributed by atoms with Gasteiger partial charge in [0.05, 0.1) is 16.8 Å². The molecule has 1 saturated carbocycles. The first-order valence-corrected chi connectivity index (χ1v) is 9.60. The molecule has 4 nitrogen and oxygen atoms in total. The summed E-state index contributed by atoms with van der Waals surface area (Å²) >= 11 is 1.49. The molecule has 1 N–H and O–H groups in total. The Labute approximate surface area is 151 Å². The SMILES string of the molecule is Cc1ccc2nc(SCC(=O)N(Cc3ccccc3)C3CC3)[nH]c2c1. The predicted molar refractivity (Wildman–Crippen MR) is 102 cm³/mol. The average Bonchev–Trinajstić information content (AvgIpc) is 3.38.